The van der Waals surface area contributed by atoms with Crippen molar-refractivity contribution in [3.05, 3.63) is 33.8 Å². The summed E-state index contributed by atoms with van der Waals surface area (Å²) in [5, 5.41) is 10.1. The number of rotatable bonds is 4. The number of carbonyl (C=O) groups excluding carboxylic acids is 1. The van der Waals surface area contributed by atoms with Gasteiger partial charge in [0.15, 0.2) is 0 Å². The summed E-state index contributed by atoms with van der Waals surface area (Å²) in [4.78, 5) is 24.9. The second-order valence-corrected chi connectivity index (χ2v) is 7.02. The minimum Gasteiger partial charge on any atom is -0.480 e. The molecule has 1 saturated heterocycles. The summed E-state index contributed by atoms with van der Waals surface area (Å²) in [5.41, 5.74) is 0.834. The van der Waals surface area contributed by atoms with Crippen molar-refractivity contribution in [3.63, 3.8) is 0 Å². The molecule has 2 atom stereocenters. The first kappa shape index (κ1) is 16.5. The molecule has 1 N–H and O–H groups in total. The number of aliphatic carboxylic acids is 1. The molecule has 114 valence electrons. The van der Waals surface area contributed by atoms with Gasteiger partial charge in [-0.05, 0) is 31.0 Å². The Hall–Kier alpha value is -0.910. The number of benzene rings is 1. The van der Waals surface area contributed by atoms with Crippen molar-refractivity contribution in [1.29, 1.82) is 0 Å². The predicted octanol–water partition coefficient (Wildman–Crippen LogP) is 3.30. The summed E-state index contributed by atoms with van der Waals surface area (Å²) >= 11 is 13.4. The highest BCUT2D eigenvalue weighted by Gasteiger charge is 2.38. The van der Waals surface area contributed by atoms with Crippen molar-refractivity contribution in [1.82, 2.24) is 4.90 Å². The highest BCUT2D eigenvalue weighted by molar-refractivity contribution is 8.00. The van der Waals surface area contributed by atoms with Gasteiger partial charge in [-0.15, -0.1) is 11.8 Å². The van der Waals surface area contributed by atoms with Crippen molar-refractivity contribution in [2.24, 2.45) is 0 Å². The number of thioether (sulfide) groups is 1. The zero-order valence-electron chi connectivity index (χ0n) is 11.4. The molecule has 0 aliphatic carbocycles. The molecule has 2 rings (SSSR count). The summed E-state index contributed by atoms with van der Waals surface area (Å²) in [7, 11) is 0. The molecule has 0 aromatic heterocycles. The highest BCUT2D eigenvalue weighted by atomic mass is 35.5. The van der Waals surface area contributed by atoms with E-state index >= 15 is 0 Å². The fraction of sp³-hybridized carbons (Fsp3) is 0.429. The molecule has 2 unspecified atom stereocenters. The van der Waals surface area contributed by atoms with Crippen LogP contribution in [0.25, 0.3) is 0 Å². The van der Waals surface area contributed by atoms with Gasteiger partial charge in [0, 0.05) is 22.2 Å². The van der Waals surface area contributed by atoms with Gasteiger partial charge in [-0.1, -0.05) is 29.3 Å². The fourth-order valence-electron chi connectivity index (χ4n) is 2.31. The van der Waals surface area contributed by atoms with E-state index in [1.165, 1.54) is 16.7 Å². The van der Waals surface area contributed by atoms with Crippen LogP contribution in [0.4, 0.5) is 0 Å². The molecule has 7 heteroatoms. The Labute approximate surface area is 137 Å². The van der Waals surface area contributed by atoms with Gasteiger partial charge in [-0.25, -0.2) is 4.79 Å². The Morgan fingerprint density at radius 1 is 1.43 bits per heavy atom. The number of carbonyl (C=O) groups is 2. The van der Waals surface area contributed by atoms with E-state index in [2.05, 4.69) is 0 Å². The van der Waals surface area contributed by atoms with Crippen LogP contribution in [0.1, 0.15) is 18.9 Å². The van der Waals surface area contributed by atoms with Crippen LogP contribution in [0.15, 0.2) is 18.2 Å². The van der Waals surface area contributed by atoms with Crippen LogP contribution in [0, 0.1) is 0 Å². The van der Waals surface area contributed by atoms with Gasteiger partial charge in [0.2, 0.25) is 5.91 Å². The number of hydrogen-bond acceptors (Lipinski definition) is 3. The third-order valence-corrected chi connectivity index (χ3v) is 5.22. The molecule has 0 saturated carbocycles. The number of carboxylic acids is 1. The SMILES string of the molecule is CC1SCC(C(=O)O)N1C(=O)CCc1ccc(Cl)cc1Cl. The topological polar surface area (TPSA) is 57.6 Å². The molecule has 21 heavy (non-hydrogen) atoms. The Morgan fingerprint density at radius 2 is 2.14 bits per heavy atom. The molecular formula is C14H15Cl2NO3S. The zero-order valence-corrected chi connectivity index (χ0v) is 13.7. The Balaban J connectivity index is 2.02. The summed E-state index contributed by atoms with van der Waals surface area (Å²) < 4.78 is 0. The maximum atomic E-state index is 12.3. The van der Waals surface area contributed by atoms with Gasteiger partial charge in [-0.3, -0.25) is 4.79 Å². The number of nitrogens with zero attached hydrogens (tertiary/aromatic N) is 1. The van der Waals surface area contributed by atoms with E-state index in [9.17, 15) is 9.59 Å². The van der Waals surface area contributed by atoms with Crippen molar-refractivity contribution >= 4 is 46.8 Å². The third-order valence-electron chi connectivity index (χ3n) is 3.42. The van der Waals surface area contributed by atoms with Crippen LogP contribution in [-0.2, 0) is 16.0 Å². The van der Waals surface area contributed by atoms with Crippen molar-refractivity contribution in [2.75, 3.05) is 5.75 Å². The van der Waals surface area contributed by atoms with Gasteiger partial charge in [0.25, 0.3) is 0 Å². The Morgan fingerprint density at radius 3 is 2.76 bits per heavy atom. The van der Waals surface area contributed by atoms with E-state index in [0.717, 1.165) is 5.56 Å². The molecule has 1 heterocycles. The van der Waals surface area contributed by atoms with Crippen LogP contribution >= 0.6 is 35.0 Å². The van der Waals surface area contributed by atoms with Gasteiger partial charge < -0.3 is 10.0 Å². The minimum atomic E-state index is -0.954. The molecule has 1 aliphatic rings. The van der Waals surface area contributed by atoms with Gasteiger partial charge in [0.05, 0.1) is 5.37 Å². The summed E-state index contributed by atoms with van der Waals surface area (Å²) in [6, 6.07) is 4.41. The lowest BCUT2D eigenvalue weighted by Crippen LogP contribution is -2.44. The quantitative estimate of drug-likeness (QED) is 0.907. The number of hydrogen-bond donors (Lipinski definition) is 1. The normalized spacial score (nSPS) is 21.6. The van der Waals surface area contributed by atoms with E-state index in [1.54, 1.807) is 18.2 Å². The van der Waals surface area contributed by atoms with Crippen LogP contribution < -0.4 is 0 Å². The second kappa shape index (κ2) is 6.90. The van der Waals surface area contributed by atoms with E-state index in [0.29, 0.717) is 22.2 Å². The minimum absolute atomic E-state index is 0.112. The van der Waals surface area contributed by atoms with Crippen LogP contribution in [0.2, 0.25) is 10.0 Å². The first-order valence-corrected chi connectivity index (χ1v) is 8.30. The maximum absolute atomic E-state index is 12.3. The largest absolute Gasteiger partial charge is 0.480 e. The zero-order chi connectivity index (χ0) is 15.6. The Bertz CT molecular complexity index is 567. The molecule has 0 radical (unpaired) electrons. The van der Waals surface area contributed by atoms with Crippen LogP contribution in [0.3, 0.4) is 0 Å². The first-order valence-electron chi connectivity index (χ1n) is 6.49. The van der Waals surface area contributed by atoms with Crippen molar-refractivity contribution < 1.29 is 14.7 Å². The molecule has 4 nitrogen and oxygen atoms in total. The Kier molecular flexibility index (Phi) is 5.41. The lowest BCUT2D eigenvalue weighted by Gasteiger charge is -2.25. The number of aryl methyl sites for hydroxylation is 1. The van der Waals surface area contributed by atoms with Crippen LogP contribution in [-0.4, -0.2) is 39.1 Å². The molecule has 0 spiro atoms. The lowest BCUT2D eigenvalue weighted by molar-refractivity contribution is -0.148. The van der Waals surface area contributed by atoms with E-state index < -0.39 is 12.0 Å². The van der Waals surface area contributed by atoms with Gasteiger partial charge in [-0.2, -0.15) is 0 Å². The molecule has 1 amide bonds. The number of carboxylic acid groups (broad SMARTS) is 1. The standard InChI is InChI=1S/C14H15Cl2NO3S/c1-8-17(12(7-21-8)14(19)20)13(18)5-3-9-2-4-10(15)6-11(9)16/h2,4,6,8,12H,3,5,7H2,1H3,(H,19,20). The van der Waals surface area contributed by atoms with E-state index in [-0.39, 0.29) is 17.7 Å². The van der Waals surface area contributed by atoms with Gasteiger partial charge in [0.1, 0.15) is 6.04 Å². The maximum Gasteiger partial charge on any atom is 0.327 e. The molecule has 1 fully saturated rings. The first-order chi connectivity index (χ1) is 9.90. The molecule has 1 aromatic rings. The second-order valence-electron chi connectivity index (χ2n) is 4.82. The third kappa shape index (κ3) is 3.84. The smallest absolute Gasteiger partial charge is 0.327 e. The fourth-order valence-corrected chi connectivity index (χ4v) is 4.00. The molecule has 1 aliphatic heterocycles. The summed E-state index contributed by atoms with van der Waals surface area (Å²) in [6.07, 6.45) is 0.699. The lowest BCUT2D eigenvalue weighted by atomic mass is 10.1. The van der Waals surface area contributed by atoms with Crippen molar-refractivity contribution in [2.45, 2.75) is 31.2 Å². The van der Waals surface area contributed by atoms with E-state index in [1.807, 2.05) is 6.92 Å². The summed E-state index contributed by atoms with van der Waals surface area (Å²) in [6.45, 7) is 1.85. The highest BCUT2D eigenvalue weighted by Crippen LogP contribution is 2.30. The number of halogens is 2. The molecule has 0 bridgehead atoms. The average molecular weight is 348 g/mol. The monoisotopic (exact) mass is 347 g/mol. The van der Waals surface area contributed by atoms with Gasteiger partial charge >= 0.3 is 5.97 Å². The average Bonchev–Trinajstić information content (AvgIpc) is 2.79. The van der Waals surface area contributed by atoms with Crippen molar-refractivity contribution in [3.8, 4) is 0 Å². The summed E-state index contributed by atoms with van der Waals surface area (Å²) in [5.74, 6) is -0.681. The molecular weight excluding hydrogens is 333 g/mol. The predicted molar refractivity (Wildman–Crippen MR) is 85.0 cm³/mol. The number of amides is 1. The van der Waals surface area contributed by atoms with Crippen LogP contribution in [0.5, 0.6) is 0 Å². The van der Waals surface area contributed by atoms with E-state index in [4.69, 9.17) is 28.3 Å². The molecule has 1 aromatic carbocycles.